The fraction of sp³-hybridized carbons (Fsp3) is 0.556. The molecular formula is C18H27N5. The van der Waals surface area contributed by atoms with Crippen molar-refractivity contribution in [3.05, 3.63) is 30.5 Å². The van der Waals surface area contributed by atoms with Gasteiger partial charge in [-0.15, -0.1) is 0 Å². The first-order valence-electron chi connectivity index (χ1n) is 8.52. The number of rotatable bonds is 5. The van der Waals surface area contributed by atoms with E-state index in [4.69, 9.17) is 0 Å². The Morgan fingerprint density at radius 2 is 1.78 bits per heavy atom. The third-order valence-corrected chi connectivity index (χ3v) is 4.72. The lowest BCUT2D eigenvalue weighted by Gasteiger charge is -2.40. The molecule has 1 N–H and O–H groups in total. The molecule has 1 unspecified atom stereocenters. The number of hydrogen-bond donors (Lipinski definition) is 1. The smallest absolute Gasteiger partial charge is 0.145 e. The number of aromatic nitrogens is 2. The van der Waals surface area contributed by atoms with Crippen LogP contribution in [0.3, 0.4) is 0 Å². The molecule has 0 aliphatic carbocycles. The number of fused-ring (bicyclic) bond motifs is 1. The van der Waals surface area contributed by atoms with E-state index >= 15 is 0 Å². The second kappa shape index (κ2) is 7.23. The van der Waals surface area contributed by atoms with Crippen molar-refractivity contribution in [2.24, 2.45) is 5.92 Å². The first kappa shape index (κ1) is 16.1. The number of nitrogens with one attached hydrogen (secondary N) is 1. The van der Waals surface area contributed by atoms with Crippen molar-refractivity contribution >= 4 is 16.9 Å². The lowest BCUT2D eigenvalue weighted by Crippen LogP contribution is -2.52. The number of benzene rings is 1. The molecule has 5 nitrogen and oxygen atoms in total. The van der Waals surface area contributed by atoms with Crippen LogP contribution in [0.2, 0.25) is 0 Å². The quantitative estimate of drug-likeness (QED) is 0.918. The van der Waals surface area contributed by atoms with Gasteiger partial charge in [0.2, 0.25) is 0 Å². The number of likely N-dealkylation sites (N-methyl/N-ethyl adjacent to an activating group) is 1. The SMILES string of the molecule is CC(C)C(CNc1cnc2ccccc2n1)N1CCN(C)CC1. The van der Waals surface area contributed by atoms with E-state index in [9.17, 15) is 0 Å². The molecule has 23 heavy (non-hydrogen) atoms. The van der Waals surface area contributed by atoms with Gasteiger partial charge in [-0.05, 0) is 25.1 Å². The van der Waals surface area contributed by atoms with E-state index in [1.807, 2.05) is 30.5 Å². The van der Waals surface area contributed by atoms with Crippen molar-refractivity contribution < 1.29 is 0 Å². The molecule has 0 spiro atoms. The van der Waals surface area contributed by atoms with Crippen LogP contribution < -0.4 is 5.32 Å². The highest BCUT2D eigenvalue weighted by Gasteiger charge is 2.24. The number of piperazine rings is 1. The molecule has 3 rings (SSSR count). The minimum Gasteiger partial charge on any atom is -0.367 e. The van der Waals surface area contributed by atoms with Crippen LogP contribution in [-0.4, -0.2) is 65.6 Å². The molecule has 1 aliphatic heterocycles. The van der Waals surface area contributed by atoms with Gasteiger partial charge in [0, 0.05) is 38.8 Å². The molecule has 0 amide bonds. The lowest BCUT2D eigenvalue weighted by atomic mass is 10.0. The van der Waals surface area contributed by atoms with E-state index in [0.717, 1.165) is 49.6 Å². The molecule has 5 heteroatoms. The first-order valence-corrected chi connectivity index (χ1v) is 8.52. The highest BCUT2D eigenvalue weighted by atomic mass is 15.3. The summed E-state index contributed by atoms with van der Waals surface area (Å²) in [6, 6.07) is 8.52. The standard InChI is InChI=1S/C18H27N5/c1-14(2)17(23-10-8-22(3)9-11-23)12-20-18-13-19-15-6-4-5-7-16(15)21-18/h4-7,13-14,17H,8-12H2,1-3H3,(H,20,21). The van der Waals surface area contributed by atoms with Crippen LogP contribution in [0.1, 0.15) is 13.8 Å². The van der Waals surface area contributed by atoms with Gasteiger partial charge in [-0.25, -0.2) is 4.98 Å². The van der Waals surface area contributed by atoms with Crippen LogP contribution in [0.5, 0.6) is 0 Å². The summed E-state index contributed by atoms with van der Waals surface area (Å²) in [6.45, 7) is 10.1. The minimum atomic E-state index is 0.525. The van der Waals surface area contributed by atoms with Crippen molar-refractivity contribution in [1.82, 2.24) is 19.8 Å². The van der Waals surface area contributed by atoms with E-state index in [0.29, 0.717) is 12.0 Å². The Morgan fingerprint density at radius 3 is 2.48 bits per heavy atom. The Morgan fingerprint density at radius 1 is 1.09 bits per heavy atom. The summed E-state index contributed by atoms with van der Waals surface area (Å²) >= 11 is 0. The molecule has 124 valence electrons. The van der Waals surface area contributed by atoms with Crippen molar-refractivity contribution in [3.8, 4) is 0 Å². The Hall–Kier alpha value is -1.72. The normalized spacial score (nSPS) is 18.4. The Bertz CT molecular complexity index is 634. The molecule has 1 saturated heterocycles. The van der Waals surface area contributed by atoms with Crippen molar-refractivity contribution in [1.29, 1.82) is 0 Å². The van der Waals surface area contributed by atoms with Crippen LogP contribution in [-0.2, 0) is 0 Å². The summed E-state index contributed by atoms with van der Waals surface area (Å²) in [5.74, 6) is 1.47. The monoisotopic (exact) mass is 313 g/mol. The third-order valence-electron chi connectivity index (χ3n) is 4.72. The maximum atomic E-state index is 4.66. The lowest BCUT2D eigenvalue weighted by molar-refractivity contribution is 0.0944. The maximum absolute atomic E-state index is 4.66. The molecule has 1 fully saturated rings. The van der Waals surface area contributed by atoms with E-state index in [2.05, 4.69) is 46.0 Å². The molecule has 0 radical (unpaired) electrons. The highest BCUT2D eigenvalue weighted by molar-refractivity contribution is 5.75. The van der Waals surface area contributed by atoms with E-state index in [-0.39, 0.29) is 0 Å². The zero-order valence-electron chi connectivity index (χ0n) is 14.4. The van der Waals surface area contributed by atoms with Gasteiger partial charge in [0.05, 0.1) is 17.2 Å². The third kappa shape index (κ3) is 3.98. The van der Waals surface area contributed by atoms with Gasteiger partial charge in [0.1, 0.15) is 5.82 Å². The van der Waals surface area contributed by atoms with E-state index in [1.54, 1.807) is 0 Å². The zero-order chi connectivity index (χ0) is 16.2. The van der Waals surface area contributed by atoms with Crippen LogP contribution in [0.15, 0.2) is 30.5 Å². The van der Waals surface area contributed by atoms with E-state index < -0.39 is 0 Å². The van der Waals surface area contributed by atoms with Crippen LogP contribution in [0, 0.1) is 5.92 Å². The second-order valence-electron chi connectivity index (χ2n) is 6.78. The average Bonchev–Trinajstić information content (AvgIpc) is 2.56. The Balaban J connectivity index is 1.65. The van der Waals surface area contributed by atoms with E-state index in [1.165, 1.54) is 0 Å². The largest absolute Gasteiger partial charge is 0.367 e. The summed E-state index contributed by atoms with van der Waals surface area (Å²) in [4.78, 5) is 14.1. The molecule has 0 saturated carbocycles. The number of nitrogens with zero attached hydrogens (tertiary/aromatic N) is 4. The fourth-order valence-electron chi connectivity index (χ4n) is 3.19. The molecule has 1 aromatic carbocycles. The molecule has 2 heterocycles. The Kier molecular flexibility index (Phi) is 5.08. The summed E-state index contributed by atoms with van der Waals surface area (Å²) in [7, 11) is 2.20. The van der Waals surface area contributed by atoms with Crippen molar-refractivity contribution in [2.75, 3.05) is 45.1 Å². The van der Waals surface area contributed by atoms with Gasteiger partial charge in [0.25, 0.3) is 0 Å². The van der Waals surface area contributed by atoms with Crippen molar-refractivity contribution in [3.63, 3.8) is 0 Å². The highest BCUT2D eigenvalue weighted by Crippen LogP contribution is 2.16. The summed E-state index contributed by atoms with van der Waals surface area (Å²) < 4.78 is 0. The predicted molar refractivity (Wildman–Crippen MR) is 95.7 cm³/mol. The number of para-hydroxylation sites is 2. The van der Waals surface area contributed by atoms with Gasteiger partial charge in [0.15, 0.2) is 0 Å². The molecule has 1 aromatic heterocycles. The average molecular weight is 313 g/mol. The number of anilines is 1. The van der Waals surface area contributed by atoms with Gasteiger partial charge >= 0.3 is 0 Å². The second-order valence-corrected chi connectivity index (χ2v) is 6.78. The maximum Gasteiger partial charge on any atom is 0.145 e. The van der Waals surface area contributed by atoms with Crippen LogP contribution in [0.25, 0.3) is 11.0 Å². The summed E-state index contributed by atoms with van der Waals surface area (Å²) in [5.41, 5.74) is 1.88. The zero-order valence-corrected chi connectivity index (χ0v) is 14.4. The molecule has 1 aliphatic rings. The molecule has 2 aromatic rings. The van der Waals surface area contributed by atoms with Crippen molar-refractivity contribution in [2.45, 2.75) is 19.9 Å². The summed E-state index contributed by atoms with van der Waals surface area (Å²) in [6.07, 6.45) is 1.84. The van der Waals surface area contributed by atoms with Gasteiger partial charge < -0.3 is 10.2 Å². The first-order chi connectivity index (χ1) is 11.1. The fourth-order valence-corrected chi connectivity index (χ4v) is 3.19. The molecule has 0 bridgehead atoms. The summed E-state index contributed by atoms with van der Waals surface area (Å²) in [5, 5.41) is 3.50. The number of hydrogen-bond acceptors (Lipinski definition) is 5. The van der Waals surface area contributed by atoms with Gasteiger partial charge in [-0.3, -0.25) is 9.88 Å². The van der Waals surface area contributed by atoms with Gasteiger partial charge in [-0.2, -0.15) is 0 Å². The Labute approximate surface area is 138 Å². The van der Waals surface area contributed by atoms with Gasteiger partial charge in [-0.1, -0.05) is 26.0 Å². The molecule has 1 atom stereocenters. The topological polar surface area (TPSA) is 44.3 Å². The van der Waals surface area contributed by atoms with Crippen LogP contribution in [0.4, 0.5) is 5.82 Å². The molecular weight excluding hydrogens is 286 g/mol. The minimum absolute atomic E-state index is 0.525. The predicted octanol–water partition coefficient (Wildman–Crippen LogP) is 2.31. The van der Waals surface area contributed by atoms with Crippen LogP contribution >= 0.6 is 0 Å².